The molecule has 608 valence electrons. The summed E-state index contributed by atoms with van der Waals surface area (Å²) in [7, 11) is 3.99. The van der Waals surface area contributed by atoms with Gasteiger partial charge in [0, 0.05) is 124 Å². The molecule has 16 rings (SSSR count). The molecule has 23 heteroatoms. The molecule has 8 aromatic rings. The molecule has 4 fully saturated rings. The highest BCUT2D eigenvalue weighted by Crippen LogP contribution is 2.41. The third kappa shape index (κ3) is 21.3. The van der Waals surface area contributed by atoms with Gasteiger partial charge in [0.15, 0.2) is 6.10 Å². The molecule has 5 amide bonds. The summed E-state index contributed by atoms with van der Waals surface area (Å²) in [5.41, 5.74) is 18.1. The Morgan fingerprint density at radius 2 is 1.02 bits per heavy atom. The van der Waals surface area contributed by atoms with Crippen LogP contribution in [0.4, 0.5) is 5.69 Å². The minimum atomic E-state index is -0.751. The molecule has 0 aromatic heterocycles. The summed E-state index contributed by atoms with van der Waals surface area (Å²) < 4.78 is 24.7. The van der Waals surface area contributed by atoms with Gasteiger partial charge in [-0.05, 0) is 204 Å². The predicted molar refractivity (Wildman–Crippen MR) is 465 cm³/mol. The second-order valence-corrected chi connectivity index (χ2v) is 30.5. The molecular weight excluding hydrogens is 1500 g/mol. The molecule has 0 radical (unpaired) electrons. The van der Waals surface area contributed by atoms with E-state index in [-0.39, 0.29) is 79.9 Å². The number of amides is 5. The van der Waals surface area contributed by atoms with Gasteiger partial charge in [-0.2, -0.15) is 0 Å². The fourth-order valence-electron chi connectivity index (χ4n) is 14.9. The van der Waals surface area contributed by atoms with Crippen LogP contribution < -0.4 is 19.5 Å². The molecule has 4 saturated heterocycles. The summed E-state index contributed by atoms with van der Waals surface area (Å²) in [4.78, 5) is 87.3. The number of carbonyl (C=O) groups excluding carboxylic acids is 5. The first kappa shape index (κ1) is 85.6. The number of ether oxygens (including phenoxy) is 4. The number of aliphatic imine (C=N–C) groups is 4. The number of halogens is 1. The Bertz CT molecular complexity index is 5160. The van der Waals surface area contributed by atoms with Crippen LogP contribution in [0.5, 0.6) is 34.5 Å². The van der Waals surface area contributed by atoms with Crippen molar-refractivity contribution in [2.45, 2.75) is 98.4 Å². The predicted octanol–water partition coefficient (Wildman–Crippen LogP) is 15.3. The number of hydrogen-bond donors (Lipinski definition) is 4. The van der Waals surface area contributed by atoms with E-state index in [9.17, 15) is 39.3 Å². The smallest absolute Gasteiger partial charge is 0.255 e. The summed E-state index contributed by atoms with van der Waals surface area (Å²) in [6.45, 7) is 23.7. The maximum atomic E-state index is 12.8. The molecule has 22 nitrogen and oxygen atoms in total. The number of nitrogens with zero attached hydrogens (tertiary/aromatic N) is 9. The van der Waals surface area contributed by atoms with Crippen LogP contribution in [0, 0.1) is 12.8 Å². The third-order valence-electron chi connectivity index (χ3n) is 21.4. The van der Waals surface area contributed by atoms with Crippen molar-refractivity contribution in [2.75, 3.05) is 91.5 Å². The van der Waals surface area contributed by atoms with Crippen molar-refractivity contribution < 1.29 is 58.2 Å². The lowest BCUT2D eigenvalue weighted by atomic mass is 9.92. The molecule has 8 aliphatic heterocycles. The molecule has 0 bridgehead atoms. The van der Waals surface area contributed by atoms with Crippen molar-refractivity contribution in [1.82, 2.24) is 24.5 Å². The number of aromatic hydroxyl groups is 3. The number of fused-ring (bicyclic) bond motifs is 4. The minimum Gasteiger partial charge on any atom is -0.508 e. The molecule has 0 saturated carbocycles. The van der Waals surface area contributed by atoms with E-state index in [4.69, 9.17) is 30.5 Å². The zero-order valence-electron chi connectivity index (χ0n) is 65.2. The van der Waals surface area contributed by atoms with Crippen LogP contribution >= 0.6 is 11.6 Å². The second kappa shape index (κ2) is 38.9. The number of morpholine rings is 1. The van der Waals surface area contributed by atoms with Crippen LogP contribution in [-0.2, 0) is 54.9 Å². The lowest BCUT2D eigenvalue weighted by Gasteiger charge is -2.39. The lowest BCUT2D eigenvalue weighted by Crippen LogP contribution is -2.49. The average Bonchev–Trinajstić information content (AvgIpc) is 1.74. The van der Waals surface area contributed by atoms with Crippen molar-refractivity contribution >= 4 is 71.7 Å². The van der Waals surface area contributed by atoms with Crippen molar-refractivity contribution in [1.29, 1.82) is 0 Å². The van der Waals surface area contributed by atoms with E-state index in [0.717, 1.165) is 134 Å². The summed E-state index contributed by atoms with van der Waals surface area (Å²) in [5, 5.41) is 32.0. The number of hydrogen-bond acceptors (Lipinski definition) is 17. The maximum Gasteiger partial charge on any atom is 0.255 e. The van der Waals surface area contributed by atoms with E-state index < -0.39 is 6.10 Å². The van der Waals surface area contributed by atoms with Crippen LogP contribution in [0.25, 0.3) is 44.5 Å². The summed E-state index contributed by atoms with van der Waals surface area (Å²) in [6.07, 6.45) is 17.5. The first-order valence-corrected chi connectivity index (χ1v) is 39.0. The number of phenolic OH excluding ortho intramolecular Hbond substituents is 3. The Morgan fingerprint density at radius 1 is 0.547 bits per heavy atom. The number of anilines is 1. The number of likely N-dealkylation sites (N-methyl/N-ethyl adjacent to an activating group) is 1. The maximum absolute atomic E-state index is 12.8. The molecule has 8 heterocycles. The number of phenols is 3. The quantitative estimate of drug-likeness (QED) is 0.0550. The van der Waals surface area contributed by atoms with E-state index >= 15 is 0 Å². The van der Waals surface area contributed by atoms with Crippen LogP contribution in [0.15, 0.2) is 210 Å². The Kier molecular flexibility index (Phi) is 28.5. The van der Waals surface area contributed by atoms with E-state index in [1.54, 1.807) is 58.5 Å². The fourth-order valence-corrected chi connectivity index (χ4v) is 15.0. The molecule has 3 atom stereocenters. The average molecular weight is 1600 g/mol. The van der Waals surface area contributed by atoms with Gasteiger partial charge in [0.25, 0.3) is 5.91 Å². The van der Waals surface area contributed by atoms with Crippen molar-refractivity contribution in [3.63, 3.8) is 0 Å². The van der Waals surface area contributed by atoms with Crippen molar-refractivity contribution in [3.8, 4) is 79.0 Å². The van der Waals surface area contributed by atoms with E-state index in [1.165, 1.54) is 34.9 Å². The molecular formula is C94H103ClN10O12. The van der Waals surface area contributed by atoms with E-state index in [0.29, 0.717) is 95.3 Å². The lowest BCUT2D eigenvalue weighted by molar-refractivity contribution is -0.141. The summed E-state index contributed by atoms with van der Waals surface area (Å²) >= 11 is 6.07. The topological polar surface area (TPSA) is 261 Å². The van der Waals surface area contributed by atoms with Gasteiger partial charge in [0.2, 0.25) is 23.6 Å². The first-order chi connectivity index (χ1) is 55.6. The largest absolute Gasteiger partial charge is 0.508 e. The summed E-state index contributed by atoms with van der Waals surface area (Å²) in [5.74, 6) is 2.77. The van der Waals surface area contributed by atoms with Crippen LogP contribution in [0.3, 0.4) is 0 Å². The summed E-state index contributed by atoms with van der Waals surface area (Å²) in [6, 6.07) is 44.3. The second-order valence-electron chi connectivity index (χ2n) is 30.1. The zero-order valence-corrected chi connectivity index (χ0v) is 65.9. The van der Waals surface area contributed by atoms with Gasteiger partial charge >= 0.3 is 0 Å². The van der Waals surface area contributed by atoms with Gasteiger partial charge in [0.05, 0.1) is 63.2 Å². The molecule has 8 aromatic carbocycles. The standard InChI is InChI=1S/C27H33N3O2.C22H21N3O4.C22H22N2O3.C21H19ClN2O3.2CH4/c1-20-7-9-21(10-8-20)22-16-23-18-28-19-24(23)25(17-22)32-27(2)11-14-30(15-12-27)26(31)6-5-13-29(3)4;1-2-21(27)25-7-8-29-20(13-25)22(28)24-19-10-15(9-16-11-23-12-18(16)19)14-3-5-17(26)6-4-14;1-2-22(26)24-8-7-15(13-24)14-27-21-10-17(9-18-11-23-12-20(18)21)16-3-5-19(25)6-4-16;1-2-21(26)24-6-5-16(12-24)27-20-9-14(7-15-10-23-11-17(15)20)13-3-4-19(25)18(22)8-13;;/h5-10,16-17,19H,11-15,18H2,1-4H3;2-6,9-10,12,20,26H,1,7-8,11,13H2,(H,24,28);2-6,9-10,12,15,25H,1,7-8,11,13-14H2;2-4,7-9,11,16,25H,1,5-6,10,12H2;2*1H4/b6-5+;;;;;/t;20-;15-;16-;;/m.100../s1. The van der Waals surface area contributed by atoms with Crippen molar-refractivity contribution in [2.24, 2.45) is 25.9 Å². The monoisotopic (exact) mass is 1600 g/mol. The molecule has 0 spiro atoms. The first-order valence-electron chi connectivity index (χ1n) is 38.6. The van der Waals surface area contributed by atoms with Crippen LogP contribution in [0.2, 0.25) is 5.02 Å². The zero-order chi connectivity index (χ0) is 80.9. The highest BCUT2D eigenvalue weighted by atomic mass is 35.5. The number of carbonyl (C=O) groups is 5. The molecule has 0 unspecified atom stereocenters. The Morgan fingerprint density at radius 3 is 1.57 bits per heavy atom. The molecule has 4 N–H and O–H groups in total. The molecule has 8 aliphatic rings. The van der Waals surface area contributed by atoms with Gasteiger partial charge in [-0.1, -0.05) is 112 Å². The highest BCUT2D eigenvalue weighted by Gasteiger charge is 2.36. The van der Waals surface area contributed by atoms with Gasteiger partial charge in [-0.3, -0.25) is 43.9 Å². The highest BCUT2D eigenvalue weighted by molar-refractivity contribution is 6.32. The Labute approximate surface area is 690 Å². The minimum absolute atomic E-state index is 0. The Hall–Kier alpha value is -12.2. The van der Waals surface area contributed by atoms with Gasteiger partial charge in [-0.25, -0.2) is 0 Å². The molecule has 117 heavy (non-hydrogen) atoms. The van der Waals surface area contributed by atoms with Crippen LogP contribution in [0.1, 0.15) is 97.5 Å². The van der Waals surface area contributed by atoms with Crippen molar-refractivity contribution in [3.05, 3.63) is 245 Å². The fraction of sp³-hybridized carbons (Fsp3) is 0.309. The molecule has 0 aliphatic carbocycles. The number of aryl methyl sites for hydroxylation is 1. The van der Waals surface area contributed by atoms with E-state index in [1.807, 2.05) is 108 Å². The number of piperidine rings is 1. The van der Waals surface area contributed by atoms with Crippen LogP contribution in [-0.4, -0.2) is 198 Å². The normalized spacial score (nSPS) is 17.3. The van der Waals surface area contributed by atoms with E-state index in [2.05, 4.69) is 107 Å². The van der Waals surface area contributed by atoms with Gasteiger partial charge < -0.3 is 64.1 Å². The van der Waals surface area contributed by atoms with Gasteiger partial charge in [-0.15, -0.1) is 0 Å². The third-order valence-corrected chi connectivity index (χ3v) is 21.7. The SMILES string of the molecule is C.C.C=CC(=O)N1CCO[C@@H](C(=O)Nc2cc(-c3ccc(O)cc3)cc3c2C=NC3)C1.C=CC(=O)N1CC[C@H](COc2cc(-c3ccc(O)cc3)cc3c2C=NC3)C1.C=CC(=O)N1CC[C@H](Oc2cc(-c3ccc(O)c(Cl)c3)cc3c2C=NC3)C1.Cc1ccc(-c2cc3c(c(OC4(C)CCN(C(=O)/C=C/CN(C)C)CC4)c2)C=NC3)cc1. The Balaban J connectivity index is 0.000000153. The number of rotatable bonds is 19. The number of benzene rings is 8. The van der Waals surface area contributed by atoms with Gasteiger partial charge in [0.1, 0.15) is 46.2 Å². The number of nitrogens with one attached hydrogen (secondary N) is 1. The number of likely N-dealkylation sites (tertiary alicyclic amines) is 3.